The van der Waals surface area contributed by atoms with E-state index < -0.39 is 18.2 Å². The minimum atomic E-state index is -0.643. The van der Waals surface area contributed by atoms with Gasteiger partial charge in [0.1, 0.15) is 18.7 Å². The number of nitrogens with zero attached hydrogens (tertiary/aromatic N) is 1. The highest BCUT2D eigenvalue weighted by Crippen LogP contribution is 2.19. The van der Waals surface area contributed by atoms with Crippen LogP contribution in [0.5, 0.6) is 0 Å². The summed E-state index contributed by atoms with van der Waals surface area (Å²) in [6.45, 7) is 2.23. The number of rotatable bonds is 5. The average molecular weight is 319 g/mol. The van der Waals surface area contributed by atoms with Crippen LogP contribution < -0.4 is 10.6 Å². The standard InChI is InChI=1S/C16H21N3O4/c1-11(14(20)17-2)18-15(21)13-8-9-19(13)16(22)23-10-12-6-4-3-5-7-12/h3-7,11,13H,8-10H2,1-2H3,(H,17,20)(H,18,21)/t11-,13?/m0/s1. The molecule has 1 aromatic rings. The van der Waals surface area contributed by atoms with Gasteiger partial charge in [0.2, 0.25) is 11.8 Å². The minimum Gasteiger partial charge on any atom is -0.445 e. The molecule has 2 rings (SSSR count). The third-order valence-electron chi connectivity index (χ3n) is 3.76. The highest BCUT2D eigenvalue weighted by Gasteiger charge is 2.39. The molecule has 1 aliphatic heterocycles. The third kappa shape index (κ3) is 4.21. The Hall–Kier alpha value is -2.57. The molecule has 124 valence electrons. The first-order chi connectivity index (χ1) is 11.0. The maximum absolute atomic E-state index is 12.1. The van der Waals surface area contributed by atoms with Crippen molar-refractivity contribution >= 4 is 17.9 Å². The van der Waals surface area contributed by atoms with Gasteiger partial charge in [0.05, 0.1) is 0 Å². The lowest BCUT2D eigenvalue weighted by Gasteiger charge is -2.39. The molecule has 1 aliphatic rings. The summed E-state index contributed by atoms with van der Waals surface area (Å²) >= 11 is 0. The first-order valence-corrected chi connectivity index (χ1v) is 7.52. The zero-order valence-corrected chi connectivity index (χ0v) is 13.2. The van der Waals surface area contributed by atoms with Crippen LogP contribution in [0.15, 0.2) is 30.3 Å². The van der Waals surface area contributed by atoms with Crippen molar-refractivity contribution in [1.82, 2.24) is 15.5 Å². The van der Waals surface area contributed by atoms with Crippen molar-refractivity contribution in [2.75, 3.05) is 13.6 Å². The topological polar surface area (TPSA) is 87.7 Å². The Kier molecular flexibility index (Phi) is 5.56. The maximum Gasteiger partial charge on any atom is 0.410 e. The second-order valence-corrected chi connectivity index (χ2v) is 5.38. The van der Waals surface area contributed by atoms with E-state index in [2.05, 4.69) is 10.6 Å². The second-order valence-electron chi connectivity index (χ2n) is 5.38. The van der Waals surface area contributed by atoms with Gasteiger partial charge in [-0.15, -0.1) is 0 Å². The fourth-order valence-electron chi connectivity index (χ4n) is 2.27. The van der Waals surface area contributed by atoms with Crippen LogP contribution >= 0.6 is 0 Å². The second kappa shape index (κ2) is 7.62. The van der Waals surface area contributed by atoms with Crippen molar-refractivity contribution in [2.45, 2.75) is 32.0 Å². The molecular weight excluding hydrogens is 298 g/mol. The number of hydrogen-bond acceptors (Lipinski definition) is 4. The van der Waals surface area contributed by atoms with Crippen LogP contribution in [-0.2, 0) is 20.9 Å². The van der Waals surface area contributed by atoms with Crippen molar-refractivity contribution in [3.8, 4) is 0 Å². The average Bonchev–Trinajstić information content (AvgIpc) is 2.51. The highest BCUT2D eigenvalue weighted by molar-refractivity contribution is 5.91. The Bertz CT molecular complexity index is 576. The van der Waals surface area contributed by atoms with Crippen LogP contribution in [0.2, 0.25) is 0 Å². The van der Waals surface area contributed by atoms with Gasteiger partial charge in [0.25, 0.3) is 0 Å². The van der Waals surface area contributed by atoms with Crippen LogP contribution in [0, 0.1) is 0 Å². The quantitative estimate of drug-likeness (QED) is 0.834. The summed E-state index contributed by atoms with van der Waals surface area (Å²) in [5.74, 6) is -0.625. The van der Waals surface area contributed by atoms with E-state index in [0.717, 1.165) is 5.56 Å². The zero-order valence-electron chi connectivity index (χ0n) is 13.2. The molecule has 0 radical (unpaired) electrons. The van der Waals surface area contributed by atoms with Crippen molar-refractivity contribution in [1.29, 1.82) is 0 Å². The molecule has 0 bridgehead atoms. The molecule has 1 fully saturated rings. The normalized spacial score (nSPS) is 17.7. The Morgan fingerprint density at radius 1 is 1.30 bits per heavy atom. The number of amides is 3. The van der Waals surface area contributed by atoms with Gasteiger partial charge in [0.15, 0.2) is 0 Å². The van der Waals surface area contributed by atoms with Gasteiger partial charge < -0.3 is 15.4 Å². The van der Waals surface area contributed by atoms with Gasteiger partial charge in [-0.2, -0.15) is 0 Å². The third-order valence-corrected chi connectivity index (χ3v) is 3.76. The first kappa shape index (κ1) is 16.8. The van der Waals surface area contributed by atoms with E-state index in [1.54, 1.807) is 6.92 Å². The molecule has 23 heavy (non-hydrogen) atoms. The van der Waals surface area contributed by atoms with Gasteiger partial charge in [-0.25, -0.2) is 4.79 Å². The van der Waals surface area contributed by atoms with E-state index >= 15 is 0 Å². The molecule has 3 amide bonds. The molecule has 0 aromatic heterocycles. The van der Waals surface area contributed by atoms with Gasteiger partial charge in [-0.05, 0) is 18.9 Å². The number of carbonyl (C=O) groups is 3. The van der Waals surface area contributed by atoms with E-state index in [4.69, 9.17) is 4.74 Å². The number of nitrogens with one attached hydrogen (secondary N) is 2. The van der Waals surface area contributed by atoms with Gasteiger partial charge >= 0.3 is 6.09 Å². The Morgan fingerprint density at radius 2 is 2.00 bits per heavy atom. The molecule has 2 N–H and O–H groups in total. The molecule has 1 unspecified atom stereocenters. The first-order valence-electron chi connectivity index (χ1n) is 7.52. The van der Waals surface area contributed by atoms with Crippen molar-refractivity contribution in [2.24, 2.45) is 0 Å². The summed E-state index contributed by atoms with van der Waals surface area (Å²) in [6, 6.07) is 8.11. The summed E-state index contributed by atoms with van der Waals surface area (Å²) in [6.07, 6.45) is 0.0417. The lowest BCUT2D eigenvalue weighted by Crippen LogP contribution is -2.60. The van der Waals surface area contributed by atoms with E-state index in [1.165, 1.54) is 11.9 Å². The number of carbonyl (C=O) groups excluding carboxylic acids is 3. The van der Waals surface area contributed by atoms with Crippen LogP contribution in [0.3, 0.4) is 0 Å². The lowest BCUT2D eigenvalue weighted by molar-refractivity contribution is -0.133. The molecular formula is C16H21N3O4. The number of benzene rings is 1. The molecule has 2 atom stereocenters. The van der Waals surface area contributed by atoms with Crippen molar-refractivity contribution in [3.05, 3.63) is 35.9 Å². The number of likely N-dealkylation sites (N-methyl/N-ethyl adjacent to an activating group) is 1. The van der Waals surface area contributed by atoms with Gasteiger partial charge in [0, 0.05) is 13.6 Å². The van der Waals surface area contributed by atoms with Gasteiger partial charge in [-0.3, -0.25) is 14.5 Å². The maximum atomic E-state index is 12.1. The Morgan fingerprint density at radius 3 is 2.57 bits per heavy atom. The SMILES string of the molecule is CNC(=O)[C@H](C)NC(=O)C1CCN1C(=O)OCc1ccccc1. The predicted molar refractivity (Wildman–Crippen MR) is 83.4 cm³/mol. The molecule has 1 saturated heterocycles. The number of hydrogen-bond donors (Lipinski definition) is 2. The molecule has 7 heteroatoms. The van der Waals surface area contributed by atoms with E-state index in [9.17, 15) is 14.4 Å². The summed E-state index contributed by atoms with van der Waals surface area (Å²) in [7, 11) is 1.50. The predicted octanol–water partition coefficient (Wildman–Crippen LogP) is 0.648. The molecule has 1 aromatic carbocycles. The van der Waals surface area contributed by atoms with E-state index in [0.29, 0.717) is 13.0 Å². The van der Waals surface area contributed by atoms with Crippen LogP contribution in [-0.4, -0.2) is 48.5 Å². The molecule has 0 saturated carbocycles. The molecule has 0 aliphatic carbocycles. The minimum absolute atomic E-state index is 0.166. The van der Waals surface area contributed by atoms with Crippen molar-refractivity contribution in [3.63, 3.8) is 0 Å². The summed E-state index contributed by atoms with van der Waals surface area (Å²) in [5, 5.41) is 5.05. The van der Waals surface area contributed by atoms with Gasteiger partial charge in [-0.1, -0.05) is 30.3 Å². The molecule has 1 heterocycles. The highest BCUT2D eigenvalue weighted by atomic mass is 16.6. The van der Waals surface area contributed by atoms with Crippen LogP contribution in [0.1, 0.15) is 18.9 Å². The fraction of sp³-hybridized carbons (Fsp3) is 0.438. The number of ether oxygens (including phenoxy) is 1. The van der Waals surface area contributed by atoms with E-state index in [-0.39, 0.29) is 18.4 Å². The smallest absolute Gasteiger partial charge is 0.410 e. The Balaban J connectivity index is 1.82. The summed E-state index contributed by atoms with van der Waals surface area (Å²) in [4.78, 5) is 36.9. The van der Waals surface area contributed by atoms with Crippen LogP contribution in [0.25, 0.3) is 0 Å². The Labute approximate surface area is 135 Å². The monoisotopic (exact) mass is 319 g/mol. The fourth-order valence-corrected chi connectivity index (χ4v) is 2.27. The lowest BCUT2D eigenvalue weighted by atomic mass is 10.0. The molecule has 0 spiro atoms. The summed E-state index contributed by atoms with van der Waals surface area (Å²) < 4.78 is 5.21. The zero-order chi connectivity index (χ0) is 16.8. The van der Waals surface area contributed by atoms with Crippen LogP contribution in [0.4, 0.5) is 4.79 Å². The van der Waals surface area contributed by atoms with Crippen molar-refractivity contribution < 1.29 is 19.1 Å². The molecule has 7 nitrogen and oxygen atoms in total. The number of likely N-dealkylation sites (tertiary alicyclic amines) is 1. The summed E-state index contributed by atoms with van der Waals surface area (Å²) in [5.41, 5.74) is 0.885. The largest absolute Gasteiger partial charge is 0.445 e. The van der Waals surface area contributed by atoms with E-state index in [1.807, 2.05) is 30.3 Å².